The maximum atomic E-state index is 12.1. The minimum Gasteiger partial charge on any atom is -0.395 e. The smallest absolute Gasteiger partial charge is 0.255 e. The molecule has 1 aliphatic rings. The highest BCUT2D eigenvalue weighted by atomic mass is 16.3. The molecule has 1 aromatic rings. The number of nitrogens with zero attached hydrogens (tertiary/aromatic N) is 1. The molecular weight excluding hydrogens is 216 g/mol. The maximum absolute atomic E-state index is 12.1. The lowest BCUT2D eigenvalue weighted by Crippen LogP contribution is -2.32. The quantitative estimate of drug-likeness (QED) is 0.799. The summed E-state index contributed by atoms with van der Waals surface area (Å²) in [5, 5.41) is 9.07. The van der Waals surface area contributed by atoms with Gasteiger partial charge in [0, 0.05) is 24.3 Å². The second-order valence-electron chi connectivity index (χ2n) is 4.87. The van der Waals surface area contributed by atoms with E-state index in [2.05, 4.69) is 6.92 Å². The zero-order chi connectivity index (χ0) is 12.4. The van der Waals surface area contributed by atoms with E-state index in [0.29, 0.717) is 18.0 Å². The first kappa shape index (κ1) is 12.3. The van der Waals surface area contributed by atoms with Crippen molar-refractivity contribution in [3.05, 3.63) is 33.2 Å². The third-order valence-corrected chi connectivity index (χ3v) is 3.55. The molecule has 0 radical (unpaired) electrons. The average molecular weight is 236 g/mol. The van der Waals surface area contributed by atoms with Gasteiger partial charge < -0.3 is 15.4 Å². The van der Waals surface area contributed by atoms with E-state index in [4.69, 9.17) is 10.8 Å². The lowest BCUT2D eigenvalue weighted by atomic mass is 9.87. The minimum atomic E-state index is -0.0325. The van der Waals surface area contributed by atoms with Crippen LogP contribution in [0.15, 0.2) is 10.9 Å². The van der Waals surface area contributed by atoms with Crippen LogP contribution in [0.1, 0.15) is 30.2 Å². The van der Waals surface area contributed by atoms with Crippen LogP contribution in [-0.4, -0.2) is 16.3 Å². The maximum Gasteiger partial charge on any atom is 0.255 e. The molecule has 0 saturated heterocycles. The third-order valence-electron chi connectivity index (χ3n) is 3.55. The molecule has 0 spiro atoms. The first-order chi connectivity index (χ1) is 8.17. The van der Waals surface area contributed by atoms with E-state index in [1.54, 1.807) is 4.57 Å². The summed E-state index contributed by atoms with van der Waals surface area (Å²) in [5.74, 6) is 0.660. The van der Waals surface area contributed by atoms with Crippen LogP contribution in [0.2, 0.25) is 0 Å². The molecule has 1 atom stereocenters. The fourth-order valence-corrected chi connectivity index (χ4v) is 2.64. The topological polar surface area (TPSA) is 68.2 Å². The molecule has 0 aromatic carbocycles. The van der Waals surface area contributed by atoms with E-state index >= 15 is 0 Å². The van der Waals surface area contributed by atoms with Crippen LogP contribution in [0.25, 0.3) is 0 Å². The summed E-state index contributed by atoms with van der Waals surface area (Å²) >= 11 is 0. The van der Waals surface area contributed by atoms with Gasteiger partial charge in [-0.3, -0.25) is 4.79 Å². The Bertz CT molecular complexity index is 465. The Morgan fingerprint density at radius 3 is 3.00 bits per heavy atom. The van der Waals surface area contributed by atoms with Gasteiger partial charge in [0.1, 0.15) is 0 Å². The van der Waals surface area contributed by atoms with Crippen molar-refractivity contribution >= 4 is 0 Å². The van der Waals surface area contributed by atoms with E-state index in [1.807, 2.05) is 6.07 Å². The highest BCUT2D eigenvalue weighted by Gasteiger charge is 2.20. The lowest BCUT2D eigenvalue weighted by Gasteiger charge is -2.25. The summed E-state index contributed by atoms with van der Waals surface area (Å²) in [6, 6.07) is 1.96. The van der Waals surface area contributed by atoms with Gasteiger partial charge in [0.2, 0.25) is 0 Å². The standard InChI is InChI=1S/C13H20N2O2/c1-9-2-3-12-10(6-9)7-11(8-14)13(17)15(12)4-5-16/h7,9,16H,2-6,8,14H2,1H3. The lowest BCUT2D eigenvalue weighted by molar-refractivity contribution is 0.270. The molecule has 1 heterocycles. The number of pyridine rings is 1. The van der Waals surface area contributed by atoms with Gasteiger partial charge in [-0.05, 0) is 36.8 Å². The average Bonchev–Trinajstić information content (AvgIpc) is 2.32. The van der Waals surface area contributed by atoms with Gasteiger partial charge in [0.25, 0.3) is 5.56 Å². The summed E-state index contributed by atoms with van der Waals surface area (Å²) in [6.45, 7) is 2.87. The third kappa shape index (κ3) is 2.28. The first-order valence-electron chi connectivity index (χ1n) is 6.22. The molecule has 17 heavy (non-hydrogen) atoms. The second-order valence-corrected chi connectivity index (χ2v) is 4.87. The number of aliphatic hydroxyl groups excluding tert-OH is 1. The van der Waals surface area contributed by atoms with Gasteiger partial charge in [-0.1, -0.05) is 6.92 Å². The number of aromatic nitrogens is 1. The molecule has 0 amide bonds. The predicted molar refractivity (Wildman–Crippen MR) is 66.9 cm³/mol. The van der Waals surface area contributed by atoms with Crippen molar-refractivity contribution in [2.45, 2.75) is 39.3 Å². The Balaban J connectivity index is 2.55. The zero-order valence-corrected chi connectivity index (χ0v) is 10.3. The summed E-state index contributed by atoms with van der Waals surface area (Å²) in [5.41, 5.74) is 8.56. The normalized spacial score (nSPS) is 19.1. The van der Waals surface area contributed by atoms with Crippen molar-refractivity contribution in [1.82, 2.24) is 4.57 Å². The number of hydrogen-bond donors (Lipinski definition) is 2. The molecule has 4 heteroatoms. The van der Waals surface area contributed by atoms with E-state index in [0.717, 1.165) is 25.0 Å². The van der Waals surface area contributed by atoms with E-state index < -0.39 is 0 Å². The van der Waals surface area contributed by atoms with Gasteiger partial charge in [0.15, 0.2) is 0 Å². The molecule has 0 aliphatic heterocycles. The van der Waals surface area contributed by atoms with E-state index in [9.17, 15) is 4.79 Å². The molecule has 0 bridgehead atoms. The van der Waals surface area contributed by atoms with Gasteiger partial charge >= 0.3 is 0 Å². The molecular formula is C13H20N2O2. The van der Waals surface area contributed by atoms with Crippen molar-refractivity contribution in [2.75, 3.05) is 6.61 Å². The van der Waals surface area contributed by atoms with Gasteiger partial charge in [0.05, 0.1) is 6.61 Å². The zero-order valence-electron chi connectivity index (χ0n) is 10.3. The SMILES string of the molecule is CC1CCc2c(cc(CN)c(=O)n2CCO)C1. The molecule has 3 N–H and O–H groups in total. The van der Waals surface area contributed by atoms with Crippen LogP contribution in [0, 0.1) is 5.92 Å². The molecule has 1 aromatic heterocycles. The van der Waals surface area contributed by atoms with Gasteiger partial charge in [-0.2, -0.15) is 0 Å². The largest absolute Gasteiger partial charge is 0.395 e. The second kappa shape index (κ2) is 5.02. The fraction of sp³-hybridized carbons (Fsp3) is 0.615. The highest BCUT2D eigenvalue weighted by Crippen LogP contribution is 2.24. The fourth-order valence-electron chi connectivity index (χ4n) is 2.64. The summed E-state index contributed by atoms with van der Waals surface area (Å²) in [6.07, 6.45) is 3.05. The predicted octanol–water partition coefficient (Wildman–Crippen LogP) is 0.424. The Labute approximate surface area is 101 Å². The highest BCUT2D eigenvalue weighted by molar-refractivity contribution is 5.29. The molecule has 0 saturated carbocycles. The number of fused-ring (bicyclic) bond motifs is 1. The Morgan fingerprint density at radius 2 is 2.35 bits per heavy atom. The molecule has 4 nitrogen and oxygen atoms in total. The van der Waals surface area contributed by atoms with Crippen LogP contribution < -0.4 is 11.3 Å². The molecule has 1 unspecified atom stereocenters. The van der Waals surface area contributed by atoms with Crippen molar-refractivity contribution < 1.29 is 5.11 Å². The van der Waals surface area contributed by atoms with Crippen molar-refractivity contribution in [3.63, 3.8) is 0 Å². The Morgan fingerprint density at radius 1 is 1.59 bits per heavy atom. The Kier molecular flexibility index (Phi) is 3.64. The van der Waals surface area contributed by atoms with E-state index in [1.165, 1.54) is 5.56 Å². The monoisotopic (exact) mass is 236 g/mol. The molecule has 94 valence electrons. The van der Waals surface area contributed by atoms with Crippen molar-refractivity contribution in [3.8, 4) is 0 Å². The first-order valence-corrected chi connectivity index (χ1v) is 6.22. The van der Waals surface area contributed by atoms with Crippen molar-refractivity contribution in [1.29, 1.82) is 0 Å². The molecule has 0 fully saturated rings. The molecule has 2 rings (SSSR count). The number of nitrogens with two attached hydrogens (primary N) is 1. The van der Waals surface area contributed by atoms with Crippen LogP contribution in [0.4, 0.5) is 0 Å². The summed E-state index contributed by atoms with van der Waals surface area (Å²) in [4.78, 5) is 12.1. The van der Waals surface area contributed by atoms with Gasteiger partial charge in [-0.15, -0.1) is 0 Å². The summed E-state index contributed by atoms with van der Waals surface area (Å²) in [7, 11) is 0. The van der Waals surface area contributed by atoms with Crippen molar-refractivity contribution in [2.24, 2.45) is 11.7 Å². The number of hydrogen-bond acceptors (Lipinski definition) is 3. The Hall–Kier alpha value is -1.13. The van der Waals surface area contributed by atoms with E-state index in [-0.39, 0.29) is 18.7 Å². The van der Waals surface area contributed by atoms with Crippen LogP contribution in [-0.2, 0) is 25.9 Å². The number of aliphatic hydroxyl groups is 1. The number of rotatable bonds is 3. The van der Waals surface area contributed by atoms with Gasteiger partial charge in [-0.25, -0.2) is 0 Å². The van der Waals surface area contributed by atoms with Crippen LogP contribution in [0.5, 0.6) is 0 Å². The summed E-state index contributed by atoms with van der Waals surface area (Å²) < 4.78 is 1.71. The van der Waals surface area contributed by atoms with Crippen LogP contribution in [0.3, 0.4) is 0 Å². The van der Waals surface area contributed by atoms with Crippen LogP contribution >= 0.6 is 0 Å². The minimum absolute atomic E-state index is 0.00404. The molecule has 1 aliphatic carbocycles.